The monoisotopic (exact) mass is 294 g/mol. The quantitative estimate of drug-likeness (QED) is 0.780. The van der Waals surface area contributed by atoms with E-state index in [1.807, 2.05) is 0 Å². The summed E-state index contributed by atoms with van der Waals surface area (Å²) in [5, 5.41) is 0. The maximum atomic E-state index is 12.6. The zero-order valence-electron chi connectivity index (χ0n) is 13.4. The Morgan fingerprint density at radius 3 is 2.67 bits per heavy atom. The summed E-state index contributed by atoms with van der Waals surface area (Å²) in [5.41, 5.74) is 0. The number of likely N-dealkylation sites (tertiary alicyclic amines) is 2. The van der Waals surface area contributed by atoms with Gasteiger partial charge in [0.25, 0.3) is 0 Å². The molecule has 120 valence electrons. The third-order valence-corrected chi connectivity index (χ3v) is 5.59. The highest BCUT2D eigenvalue weighted by Crippen LogP contribution is 2.30. The van der Waals surface area contributed by atoms with E-state index in [0.29, 0.717) is 30.5 Å². The summed E-state index contributed by atoms with van der Waals surface area (Å²) >= 11 is 0. The molecular weight excluding hydrogens is 264 g/mol. The van der Waals surface area contributed by atoms with E-state index in [4.69, 9.17) is 4.74 Å². The Labute approximate surface area is 128 Å². The lowest BCUT2D eigenvalue weighted by atomic mass is 10.0. The molecule has 0 bridgehead atoms. The first-order valence-corrected chi connectivity index (χ1v) is 8.94. The average Bonchev–Trinajstić information content (AvgIpc) is 3.23. The van der Waals surface area contributed by atoms with Crippen molar-refractivity contribution < 1.29 is 9.53 Å². The number of amides is 1. The van der Waals surface area contributed by atoms with Gasteiger partial charge in [0.05, 0.1) is 6.10 Å². The number of rotatable bonds is 5. The van der Waals surface area contributed by atoms with Gasteiger partial charge < -0.3 is 9.64 Å². The van der Waals surface area contributed by atoms with E-state index in [-0.39, 0.29) is 0 Å². The average molecular weight is 294 g/mol. The number of hydrogen-bond acceptors (Lipinski definition) is 3. The molecule has 0 aromatic rings. The molecule has 0 radical (unpaired) electrons. The Kier molecular flexibility index (Phi) is 5.17. The summed E-state index contributed by atoms with van der Waals surface area (Å²) < 4.78 is 5.65. The molecule has 3 heterocycles. The van der Waals surface area contributed by atoms with Crippen LogP contribution in [0.25, 0.3) is 0 Å². The fourth-order valence-electron chi connectivity index (χ4n) is 4.48. The highest BCUT2D eigenvalue weighted by molar-refractivity contribution is 5.77. The van der Waals surface area contributed by atoms with Crippen molar-refractivity contribution in [3.8, 4) is 0 Å². The molecule has 4 heteroatoms. The Morgan fingerprint density at radius 2 is 1.90 bits per heavy atom. The topological polar surface area (TPSA) is 32.8 Å². The lowest BCUT2D eigenvalue weighted by molar-refractivity contribution is -0.133. The van der Waals surface area contributed by atoms with E-state index < -0.39 is 0 Å². The molecule has 3 aliphatic rings. The molecule has 3 aliphatic heterocycles. The number of carbonyl (C=O) groups is 1. The molecule has 0 N–H and O–H groups in total. The molecule has 0 spiro atoms. The van der Waals surface area contributed by atoms with Gasteiger partial charge in [-0.25, -0.2) is 0 Å². The summed E-state index contributed by atoms with van der Waals surface area (Å²) in [7, 11) is 0. The van der Waals surface area contributed by atoms with Gasteiger partial charge in [-0.2, -0.15) is 0 Å². The largest absolute Gasteiger partial charge is 0.378 e. The first-order valence-electron chi connectivity index (χ1n) is 8.94. The molecule has 3 rings (SSSR count). The molecule has 0 aromatic carbocycles. The highest BCUT2D eigenvalue weighted by atomic mass is 16.5. The number of nitrogens with zero attached hydrogens (tertiary/aromatic N) is 2. The van der Waals surface area contributed by atoms with Gasteiger partial charge in [0.1, 0.15) is 0 Å². The second kappa shape index (κ2) is 7.10. The van der Waals surface area contributed by atoms with Crippen molar-refractivity contribution in [1.82, 2.24) is 9.80 Å². The SMILES string of the molecule is CCN1CCC[C@@H]1[C@H]1CCCN1C(=O)CC[C@H]1CCCO1. The first-order chi connectivity index (χ1) is 10.3. The highest BCUT2D eigenvalue weighted by Gasteiger charge is 2.38. The van der Waals surface area contributed by atoms with Gasteiger partial charge in [0, 0.05) is 31.7 Å². The molecule has 3 fully saturated rings. The molecular formula is C17H30N2O2. The smallest absolute Gasteiger partial charge is 0.222 e. The molecule has 3 saturated heterocycles. The number of ether oxygens (including phenoxy) is 1. The van der Waals surface area contributed by atoms with Gasteiger partial charge in [0.15, 0.2) is 0 Å². The summed E-state index contributed by atoms with van der Waals surface area (Å²) in [4.78, 5) is 17.4. The van der Waals surface area contributed by atoms with E-state index >= 15 is 0 Å². The molecule has 0 saturated carbocycles. The Balaban J connectivity index is 1.54. The van der Waals surface area contributed by atoms with Crippen molar-refractivity contribution in [2.75, 3.05) is 26.2 Å². The van der Waals surface area contributed by atoms with E-state index in [2.05, 4.69) is 16.7 Å². The molecule has 0 aromatic heterocycles. The van der Waals surface area contributed by atoms with E-state index in [1.54, 1.807) is 0 Å². The molecule has 3 atom stereocenters. The maximum Gasteiger partial charge on any atom is 0.222 e. The zero-order valence-corrected chi connectivity index (χ0v) is 13.4. The van der Waals surface area contributed by atoms with Crippen LogP contribution in [-0.2, 0) is 9.53 Å². The predicted molar refractivity (Wildman–Crippen MR) is 83.2 cm³/mol. The van der Waals surface area contributed by atoms with Gasteiger partial charge in [0.2, 0.25) is 5.91 Å². The van der Waals surface area contributed by atoms with Crippen molar-refractivity contribution in [3.63, 3.8) is 0 Å². The van der Waals surface area contributed by atoms with Crippen molar-refractivity contribution in [2.45, 2.75) is 76.5 Å². The first kappa shape index (κ1) is 15.3. The fourth-order valence-corrected chi connectivity index (χ4v) is 4.48. The van der Waals surface area contributed by atoms with Gasteiger partial charge >= 0.3 is 0 Å². The fraction of sp³-hybridized carbons (Fsp3) is 0.941. The van der Waals surface area contributed by atoms with Gasteiger partial charge in [-0.1, -0.05) is 6.92 Å². The molecule has 1 amide bonds. The van der Waals surface area contributed by atoms with Crippen molar-refractivity contribution in [3.05, 3.63) is 0 Å². The van der Waals surface area contributed by atoms with Crippen LogP contribution in [0, 0.1) is 0 Å². The van der Waals surface area contributed by atoms with E-state index in [9.17, 15) is 4.79 Å². The summed E-state index contributed by atoms with van der Waals surface area (Å²) in [6.07, 6.45) is 9.21. The number of likely N-dealkylation sites (N-methyl/N-ethyl adjacent to an activating group) is 1. The van der Waals surface area contributed by atoms with Crippen LogP contribution < -0.4 is 0 Å². The van der Waals surface area contributed by atoms with Crippen molar-refractivity contribution in [2.24, 2.45) is 0 Å². The second-order valence-electron chi connectivity index (χ2n) is 6.81. The normalized spacial score (nSPS) is 34.0. The lowest BCUT2D eigenvalue weighted by Gasteiger charge is -2.34. The van der Waals surface area contributed by atoms with Crippen molar-refractivity contribution >= 4 is 5.91 Å². The summed E-state index contributed by atoms with van der Waals surface area (Å²) in [6, 6.07) is 1.09. The van der Waals surface area contributed by atoms with Crippen LogP contribution in [0.4, 0.5) is 0 Å². The van der Waals surface area contributed by atoms with Gasteiger partial charge in [-0.05, 0) is 58.0 Å². The van der Waals surface area contributed by atoms with Crippen LogP contribution in [0.1, 0.15) is 58.3 Å². The molecule has 0 aliphatic carbocycles. The lowest BCUT2D eigenvalue weighted by Crippen LogP contribution is -2.48. The minimum atomic E-state index is 0.341. The summed E-state index contributed by atoms with van der Waals surface area (Å²) in [6.45, 7) is 6.45. The molecule has 21 heavy (non-hydrogen) atoms. The molecule has 0 unspecified atom stereocenters. The summed E-state index contributed by atoms with van der Waals surface area (Å²) in [5.74, 6) is 0.371. The predicted octanol–water partition coefficient (Wildman–Crippen LogP) is 2.42. The standard InChI is InChI=1S/C17H30N2O2/c1-2-18-11-3-7-15(18)16-8-4-12-19(16)17(20)10-9-14-6-5-13-21-14/h14-16H,2-13H2,1H3/t14-,15-,16-/m1/s1. The van der Waals surface area contributed by atoms with Gasteiger partial charge in [-0.3, -0.25) is 9.69 Å². The van der Waals surface area contributed by atoms with Crippen LogP contribution in [0.3, 0.4) is 0 Å². The van der Waals surface area contributed by atoms with Crippen LogP contribution in [-0.4, -0.2) is 60.1 Å². The maximum absolute atomic E-state index is 12.6. The Bertz CT molecular complexity index is 355. The van der Waals surface area contributed by atoms with Crippen molar-refractivity contribution in [1.29, 1.82) is 0 Å². The number of carbonyl (C=O) groups excluding carboxylic acids is 1. The third-order valence-electron chi connectivity index (χ3n) is 5.59. The minimum Gasteiger partial charge on any atom is -0.378 e. The Hall–Kier alpha value is -0.610. The zero-order chi connectivity index (χ0) is 14.7. The second-order valence-corrected chi connectivity index (χ2v) is 6.81. The van der Waals surface area contributed by atoms with Crippen LogP contribution in [0.2, 0.25) is 0 Å². The van der Waals surface area contributed by atoms with E-state index in [1.165, 1.54) is 38.6 Å². The van der Waals surface area contributed by atoms with Crippen LogP contribution in [0.15, 0.2) is 0 Å². The number of hydrogen-bond donors (Lipinski definition) is 0. The Morgan fingerprint density at radius 1 is 1.10 bits per heavy atom. The van der Waals surface area contributed by atoms with E-state index in [0.717, 1.165) is 32.5 Å². The minimum absolute atomic E-state index is 0.341. The van der Waals surface area contributed by atoms with Crippen LogP contribution in [0.5, 0.6) is 0 Å². The van der Waals surface area contributed by atoms with Crippen LogP contribution >= 0.6 is 0 Å². The third kappa shape index (κ3) is 3.42. The van der Waals surface area contributed by atoms with Gasteiger partial charge in [-0.15, -0.1) is 0 Å². The molecule has 4 nitrogen and oxygen atoms in total.